The molecule has 0 fully saturated rings. The molecule has 0 aromatic rings. The van der Waals surface area contributed by atoms with Gasteiger partial charge in [0.1, 0.15) is 11.9 Å². The van der Waals surface area contributed by atoms with Gasteiger partial charge in [-0.05, 0) is 26.0 Å². The van der Waals surface area contributed by atoms with E-state index in [9.17, 15) is 5.11 Å². The maximum atomic E-state index is 9.63. The summed E-state index contributed by atoms with van der Waals surface area (Å²) in [6, 6.07) is -0.0608. The van der Waals surface area contributed by atoms with Crippen LogP contribution in [-0.2, 0) is 10.4 Å². The number of hydrogen-bond donors (Lipinski definition) is 5. The van der Waals surface area contributed by atoms with E-state index in [1.54, 1.807) is 11.8 Å². The van der Waals surface area contributed by atoms with E-state index in [-0.39, 0.29) is 6.04 Å². The highest BCUT2D eigenvalue weighted by Gasteiger charge is 2.32. The maximum absolute atomic E-state index is 9.63. The maximum Gasteiger partial charge on any atom is 0.394 e. The van der Waals surface area contributed by atoms with E-state index in [0.29, 0.717) is 6.54 Å². The lowest BCUT2D eigenvalue weighted by atomic mass is 9.94. The van der Waals surface area contributed by atoms with Crippen molar-refractivity contribution in [3.63, 3.8) is 0 Å². The first kappa shape index (κ1) is 19.2. The molecule has 0 amide bonds. The molecule has 9 heteroatoms. The number of hydrogen-bond acceptors (Lipinski definition) is 6. The van der Waals surface area contributed by atoms with E-state index < -0.39 is 22.3 Å². The molecule has 20 heavy (non-hydrogen) atoms. The van der Waals surface area contributed by atoms with Crippen molar-refractivity contribution in [2.75, 3.05) is 6.54 Å². The van der Waals surface area contributed by atoms with Crippen LogP contribution >= 0.6 is 0 Å². The molecular formula is C11H23N3O5S. The summed E-state index contributed by atoms with van der Waals surface area (Å²) in [5.74, 6) is 0. The highest BCUT2D eigenvalue weighted by Crippen LogP contribution is 2.22. The minimum atomic E-state index is -4.67. The van der Waals surface area contributed by atoms with Crippen molar-refractivity contribution in [2.45, 2.75) is 38.7 Å². The molecule has 0 aliphatic heterocycles. The fraction of sp³-hybridized carbons (Fsp3) is 0.636. The summed E-state index contributed by atoms with van der Waals surface area (Å²) in [6.07, 6.45) is 5.05. The molecule has 0 bridgehead atoms. The minimum absolute atomic E-state index is 0.0608. The Balaban J connectivity index is 0.000000621. The molecule has 3 unspecified atom stereocenters. The molecular weight excluding hydrogens is 286 g/mol. The second kappa shape index (κ2) is 7.27. The summed E-state index contributed by atoms with van der Waals surface area (Å²) in [7, 11) is -4.67. The van der Waals surface area contributed by atoms with E-state index in [0.717, 1.165) is 5.57 Å². The van der Waals surface area contributed by atoms with Crippen molar-refractivity contribution in [3.05, 3.63) is 23.8 Å². The third-order valence-electron chi connectivity index (χ3n) is 2.84. The molecule has 0 radical (unpaired) electrons. The molecule has 0 spiro atoms. The lowest BCUT2D eigenvalue weighted by molar-refractivity contribution is -0.0189. The zero-order chi connectivity index (χ0) is 16.1. The van der Waals surface area contributed by atoms with E-state index in [1.165, 1.54) is 0 Å². The standard InChI is InChI=1S/C11H21N3O.H2O4S/c1-4-14(9(3)15)11(13)6-5-10(12)8(2)7-11;1-5(2,3)4/h5-7,9-10,15H,4,12-13H2,1-3H3;(H2,1,2,3,4). The Morgan fingerprint density at radius 3 is 2.25 bits per heavy atom. The highest BCUT2D eigenvalue weighted by molar-refractivity contribution is 7.79. The Morgan fingerprint density at radius 1 is 1.50 bits per heavy atom. The van der Waals surface area contributed by atoms with E-state index >= 15 is 0 Å². The molecule has 0 heterocycles. The van der Waals surface area contributed by atoms with Crippen molar-refractivity contribution >= 4 is 10.4 Å². The molecule has 7 N–H and O–H groups in total. The van der Waals surface area contributed by atoms with Gasteiger partial charge in [-0.3, -0.25) is 14.0 Å². The van der Waals surface area contributed by atoms with Gasteiger partial charge in [-0.15, -0.1) is 0 Å². The number of nitrogens with two attached hydrogens (primary N) is 2. The minimum Gasteiger partial charge on any atom is -0.379 e. The van der Waals surface area contributed by atoms with Crippen LogP contribution in [0.5, 0.6) is 0 Å². The summed E-state index contributed by atoms with van der Waals surface area (Å²) < 4.78 is 31.6. The SMILES string of the molecule is CCN(C(C)O)C1(N)C=CC(N)C(C)=C1.O=S(=O)(O)O. The van der Waals surface area contributed by atoms with Crippen LogP contribution in [-0.4, -0.2) is 52.0 Å². The molecule has 8 nitrogen and oxygen atoms in total. The fourth-order valence-corrected chi connectivity index (χ4v) is 1.96. The first-order valence-corrected chi connectivity index (χ1v) is 7.38. The highest BCUT2D eigenvalue weighted by atomic mass is 32.3. The van der Waals surface area contributed by atoms with Crippen molar-refractivity contribution < 1.29 is 22.6 Å². The second-order valence-electron chi connectivity index (χ2n) is 4.53. The van der Waals surface area contributed by atoms with Crippen LogP contribution in [0.4, 0.5) is 0 Å². The Hall–Kier alpha value is -0.810. The van der Waals surface area contributed by atoms with Crippen LogP contribution < -0.4 is 11.5 Å². The molecule has 118 valence electrons. The van der Waals surface area contributed by atoms with E-state index in [4.69, 9.17) is 29.0 Å². The summed E-state index contributed by atoms with van der Waals surface area (Å²) in [5, 5.41) is 9.63. The first-order chi connectivity index (χ1) is 8.90. The smallest absolute Gasteiger partial charge is 0.379 e. The van der Waals surface area contributed by atoms with Crippen LogP contribution in [0.3, 0.4) is 0 Å². The molecule has 0 aromatic heterocycles. The predicted molar refractivity (Wildman–Crippen MR) is 76.0 cm³/mol. The van der Waals surface area contributed by atoms with Crippen molar-refractivity contribution in [2.24, 2.45) is 11.5 Å². The van der Waals surface area contributed by atoms with Gasteiger partial charge >= 0.3 is 10.4 Å². The van der Waals surface area contributed by atoms with Gasteiger partial charge in [-0.1, -0.05) is 18.6 Å². The third-order valence-corrected chi connectivity index (χ3v) is 2.84. The van der Waals surface area contributed by atoms with Crippen LogP contribution in [0, 0.1) is 0 Å². The largest absolute Gasteiger partial charge is 0.394 e. The number of likely N-dealkylation sites (N-methyl/N-ethyl adjacent to an activating group) is 1. The van der Waals surface area contributed by atoms with Crippen LogP contribution in [0.2, 0.25) is 0 Å². The predicted octanol–water partition coefficient (Wildman–Crippen LogP) is -0.508. The first-order valence-electron chi connectivity index (χ1n) is 5.98. The molecule has 1 aliphatic rings. The molecule has 1 aliphatic carbocycles. The summed E-state index contributed by atoms with van der Waals surface area (Å²) >= 11 is 0. The lowest BCUT2D eigenvalue weighted by Crippen LogP contribution is -2.58. The molecule has 0 saturated carbocycles. The fourth-order valence-electron chi connectivity index (χ4n) is 1.96. The average Bonchev–Trinajstić information content (AvgIpc) is 2.22. The van der Waals surface area contributed by atoms with Crippen molar-refractivity contribution in [1.29, 1.82) is 0 Å². The number of rotatable bonds is 3. The summed E-state index contributed by atoms with van der Waals surface area (Å²) in [4.78, 5) is 1.80. The zero-order valence-electron chi connectivity index (χ0n) is 11.8. The Kier molecular flexibility index (Phi) is 6.98. The summed E-state index contributed by atoms with van der Waals surface area (Å²) in [5.41, 5.74) is 12.3. The topological polar surface area (TPSA) is 150 Å². The zero-order valence-corrected chi connectivity index (χ0v) is 12.6. The Labute approximate surface area is 119 Å². The van der Waals surface area contributed by atoms with Crippen LogP contribution in [0.1, 0.15) is 20.8 Å². The summed E-state index contributed by atoms with van der Waals surface area (Å²) in [6.45, 7) is 6.31. The van der Waals surface area contributed by atoms with E-state index in [1.807, 2.05) is 32.1 Å². The molecule has 0 saturated heterocycles. The van der Waals surface area contributed by atoms with Gasteiger partial charge in [0.05, 0.1) is 0 Å². The van der Waals surface area contributed by atoms with Gasteiger partial charge < -0.3 is 16.6 Å². The van der Waals surface area contributed by atoms with Crippen LogP contribution in [0.15, 0.2) is 23.8 Å². The number of nitrogens with zero attached hydrogens (tertiary/aromatic N) is 1. The van der Waals surface area contributed by atoms with Crippen molar-refractivity contribution in [3.8, 4) is 0 Å². The van der Waals surface area contributed by atoms with Gasteiger partial charge in [-0.2, -0.15) is 8.42 Å². The molecule has 3 atom stereocenters. The van der Waals surface area contributed by atoms with Gasteiger partial charge in [0.2, 0.25) is 0 Å². The van der Waals surface area contributed by atoms with E-state index in [2.05, 4.69) is 0 Å². The quantitative estimate of drug-likeness (QED) is 0.266. The number of aliphatic hydroxyl groups is 1. The lowest BCUT2D eigenvalue weighted by Gasteiger charge is -2.40. The number of aliphatic hydroxyl groups excluding tert-OH is 1. The van der Waals surface area contributed by atoms with Gasteiger partial charge in [-0.25, -0.2) is 0 Å². The Bertz CT molecular complexity index is 466. The normalized spacial score (nSPS) is 27.6. The van der Waals surface area contributed by atoms with Gasteiger partial charge in [0.15, 0.2) is 0 Å². The monoisotopic (exact) mass is 309 g/mol. The van der Waals surface area contributed by atoms with Crippen molar-refractivity contribution in [1.82, 2.24) is 4.90 Å². The second-order valence-corrected chi connectivity index (χ2v) is 5.42. The van der Waals surface area contributed by atoms with Gasteiger partial charge in [0.25, 0.3) is 0 Å². The average molecular weight is 309 g/mol. The molecule has 1 rings (SSSR count). The van der Waals surface area contributed by atoms with Gasteiger partial charge in [0, 0.05) is 12.6 Å². The molecule has 0 aromatic carbocycles. The Morgan fingerprint density at radius 2 is 1.95 bits per heavy atom. The van der Waals surface area contributed by atoms with Crippen LogP contribution in [0.25, 0.3) is 0 Å². The third kappa shape index (κ3) is 6.57.